The van der Waals surface area contributed by atoms with Crippen LogP contribution >= 0.6 is 11.8 Å². The lowest BCUT2D eigenvalue weighted by atomic mass is 9.84. The van der Waals surface area contributed by atoms with E-state index >= 15 is 4.79 Å². The first-order valence-corrected chi connectivity index (χ1v) is 25.7. The molecule has 0 aromatic carbocycles. The number of ether oxygens (including phenoxy) is 5. The number of fused-ring (bicyclic) bond motifs is 8. The van der Waals surface area contributed by atoms with E-state index in [9.17, 15) is 34.8 Å². The van der Waals surface area contributed by atoms with E-state index in [-0.39, 0.29) is 63.0 Å². The highest BCUT2D eigenvalue weighted by Gasteiger charge is 2.44. The molecule has 3 amide bonds. The summed E-state index contributed by atoms with van der Waals surface area (Å²) in [6.07, 6.45) is -5.13. The van der Waals surface area contributed by atoms with Gasteiger partial charge in [0.1, 0.15) is 35.5 Å². The van der Waals surface area contributed by atoms with Crippen molar-refractivity contribution in [1.29, 1.82) is 0 Å². The molecule has 72 heavy (non-hydrogen) atoms. The largest absolute Gasteiger partial charge is 0.469 e. The van der Waals surface area contributed by atoms with Crippen LogP contribution in [0.25, 0.3) is 33.3 Å². The van der Waals surface area contributed by atoms with Gasteiger partial charge in [-0.3, -0.25) is 19.3 Å². The van der Waals surface area contributed by atoms with Crippen LogP contribution in [0.5, 0.6) is 0 Å². The molecule has 7 N–H and O–H groups in total. The van der Waals surface area contributed by atoms with Crippen molar-refractivity contribution in [3.63, 3.8) is 0 Å². The number of alkyl carbamates (subject to hydrolysis) is 1. The molecule has 2 aromatic rings. The number of aliphatic hydroxyl groups excluding tert-OH is 4. The smallest absolute Gasteiger partial charge is 0.407 e. The van der Waals surface area contributed by atoms with Crippen molar-refractivity contribution in [2.24, 2.45) is 0 Å². The van der Waals surface area contributed by atoms with E-state index in [1.165, 1.54) is 12.0 Å². The Labute approximate surface area is 423 Å². The third kappa shape index (κ3) is 11.5. The van der Waals surface area contributed by atoms with Crippen molar-refractivity contribution in [1.82, 2.24) is 30.2 Å². The fraction of sp³-hybridized carbons (Fsp3) is 0.577. The number of rotatable bonds is 18. The number of hydrogen-bond acceptors (Lipinski definition) is 16. The van der Waals surface area contributed by atoms with Gasteiger partial charge in [0.15, 0.2) is 0 Å². The predicted octanol–water partition coefficient (Wildman–Crippen LogP) is 5.92. The maximum Gasteiger partial charge on any atom is 0.407 e. The van der Waals surface area contributed by atoms with Crippen molar-refractivity contribution in [2.75, 3.05) is 52.4 Å². The lowest BCUT2D eigenvalue weighted by Crippen LogP contribution is -2.57. The first kappa shape index (κ1) is 54.6. The number of aliphatic hydroxyl groups is 4. The number of nitrogens with one attached hydrogen (secondary N) is 3. The molecule has 1 saturated heterocycles. The number of hydrogen-bond donors (Lipinski definition) is 7. The number of aryl methyl sites for hydroxylation is 1. The minimum atomic E-state index is -1.53. The molecule has 8 atom stereocenters. The van der Waals surface area contributed by atoms with Gasteiger partial charge in [0, 0.05) is 53.8 Å². The van der Waals surface area contributed by atoms with Gasteiger partial charge in [-0.1, -0.05) is 13.8 Å². The molecule has 7 rings (SSSR count). The van der Waals surface area contributed by atoms with E-state index in [0.717, 1.165) is 45.4 Å². The first-order chi connectivity index (χ1) is 34.2. The minimum Gasteiger partial charge on any atom is -0.469 e. The Morgan fingerprint density at radius 3 is 2.33 bits per heavy atom. The van der Waals surface area contributed by atoms with Gasteiger partial charge in [0.05, 0.1) is 79.1 Å². The third-order valence-corrected chi connectivity index (χ3v) is 15.1. The molecule has 0 aliphatic carbocycles. The summed E-state index contributed by atoms with van der Waals surface area (Å²) in [6, 6.07) is 5.87. The predicted molar refractivity (Wildman–Crippen MR) is 271 cm³/mol. The fourth-order valence-electron chi connectivity index (χ4n) is 9.90. The molecule has 392 valence electrons. The standard InChI is InChI=1S/C52H70N6O13S/c1-11-30-25(2)32-23-37-40(29(6)69-19-18-68-17-15-53-51(66)71-52(7,8)9)27(4)34(55-37)21-33-26(3)31(13-14-39(60)67-10)43(56-33)42-44-41(28(5)35(57-44)22-36(30)54-32)48(64)58(49(42)65)16-12-20-72-50-47(63)46(62)45(61)38(24-59)70-50/h21-23,26,29,31,38,45-47,50,56-57,59,61-63H,11-20,24H2,1-10H3,(H,53,66)/t26-,29?,31-,38+,45+,46-,47+,50-/m0/s1. The zero-order chi connectivity index (χ0) is 52.3. The number of carbonyl (C=O) groups is 4. The number of esters is 1. The fourth-order valence-corrected chi connectivity index (χ4v) is 11.0. The molecule has 0 spiro atoms. The van der Waals surface area contributed by atoms with Crippen LogP contribution in [0, 0.1) is 6.92 Å². The van der Waals surface area contributed by atoms with E-state index in [4.69, 9.17) is 33.7 Å². The molecular formula is C52H70N6O13S. The molecule has 8 bridgehead atoms. The van der Waals surface area contributed by atoms with Gasteiger partial charge in [0.2, 0.25) is 0 Å². The van der Waals surface area contributed by atoms with E-state index < -0.39 is 78.0 Å². The Morgan fingerprint density at radius 1 is 0.931 bits per heavy atom. The Hall–Kier alpha value is -5.19. The van der Waals surface area contributed by atoms with Crippen molar-refractivity contribution in [3.05, 3.63) is 69.1 Å². The third-order valence-electron chi connectivity index (χ3n) is 13.8. The molecule has 2 aromatic heterocycles. The summed E-state index contributed by atoms with van der Waals surface area (Å²) in [5, 5.41) is 43.7. The lowest BCUT2D eigenvalue weighted by molar-refractivity contribution is -0.205. The van der Waals surface area contributed by atoms with E-state index in [2.05, 4.69) is 22.2 Å². The Morgan fingerprint density at radius 2 is 1.64 bits per heavy atom. The highest BCUT2D eigenvalue weighted by atomic mass is 32.2. The van der Waals surface area contributed by atoms with Crippen LogP contribution in [0.4, 0.5) is 4.79 Å². The Kier molecular flexibility index (Phi) is 17.4. The number of methoxy groups -OCH3 is 1. The number of carbonyl (C=O) groups excluding carboxylic acids is 4. The molecule has 5 aliphatic rings. The van der Waals surface area contributed by atoms with Crippen LogP contribution in [-0.4, -0.2) is 163 Å². The lowest BCUT2D eigenvalue weighted by Gasteiger charge is -2.39. The molecule has 5 aliphatic heterocycles. The Balaban J connectivity index is 1.28. The average Bonchev–Trinajstić information content (AvgIpc) is 4.02. The highest BCUT2D eigenvalue weighted by Crippen LogP contribution is 2.45. The number of nitrogens with zero attached hydrogens (tertiary/aromatic N) is 3. The van der Waals surface area contributed by atoms with Gasteiger partial charge >= 0.3 is 12.1 Å². The summed E-state index contributed by atoms with van der Waals surface area (Å²) >= 11 is 1.14. The van der Waals surface area contributed by atoms with Crippen LogP contribution in [0.15, 0.2) is 18.2 Å². The molecule has 0 radical (unpaired) electrons. The zero-order valence-electron chi connectivity index (χ0n) is 42.8. The van der Waals surface area contributed by atoms with Gasteiger partial charge in [-0.05, 0) is 114 Å². The maximum atomic E-state index is 15.1. The first-order valence-electron chi connectivity index (χ1n) is 24.7. The van der Waals surface area contributed by atoms with Crippen LogP contribution in [0.2, 0.25) is 0 Å². The summed E-state index contributed by atoms with van der Waals surface area (Å²) in [6.45, 7) is 17.8. The quantitative estimate of drug-likeness (QED) is 0.0519. The molecule has 1 unspecified atom stereocenters. The number of thioether (sulfide) groups is 1. The monoisotopic (exact) mass is 1020 g/mol. The van der Waals surface area contributed by atoms with Crippen molar-refractivity contribution >= 4 is 69.0 Å². The number of aromatic nitrogens is 4. The van der Waals surface area contributed by atoms with Crippen molar-refractivity contribution in [3.8, 4) is 0 Å². The second-order valence-electron chi connectivity index (χ2n) is 19.7. The van der Waals surface area contributed by atoms with Gasteiger partial charge in [-0.25, -0.2) is 14.8 Å². The van der Waals surface area contributed by atoms with E-state index in [1.807, 2.05) is 52.8 Å². The Bertz CT molecular complexity index is 2690. The molecule has 0 saturated carbocycles. The van der Waals surface area contributed by atoms with Gasteiger partial charge in [0.25, 0.3) is 11.8 Å². The zero-order valence-corrected chi connectivity index (χ0v) is 43.7. The van der Waals surface area contributed by atoms with E-state index in [1.54, 1.807) is 20.8 Å². The summed E-state index contributed by atoms with van der Waals surface area (Å²) < 4.78 is 28.2. The second-order valence-corrected chi connectivity index (χ2v) is 20.9. The van der Waals surface area contributed by atoms with Crippen LogP contribution in [0.1, 0.15) is 153 Å². The van der Waals surface area contributed by atoms with Crippen molar-refractivity contribution < 1.29 is 63.3 Å². The minimum absolute atomic E-state index is 0.00426. The summed E-state index contributed by atoms with van der Waals surface area (Å²) in [7, 11) is 1.34. The molecule has 19 nitrogen and oxygen atoms in total. The van der Waals surface area contributed by atoms with Crippen LogP contribution in [0.3, 0.4) is 0 Å². The normalized spacial score (nSPS) is 23.1. The number of allylic oxidation sites excluding steroid dienone is 3. The van der Waals surface area contributed by atoms with Gasteiger partial charge in [-0.15, -0.1) is 11.8 Å². The number of aromatic amines is 2. The second kappa shape index (κ2) is 22.9. The van der Waals surface area contributed by atoms with Crippen LogP contribution in [-0.2, 0) is 28.5 Å². The SMILES string of the molecule is CCC1=C(C)c2cc3nc(cc4[nH]c(c5c6[nH]c(cc1n2)c(C)c6C(=O)N(CCCS[C@@H]1O[C@H](CO)[C@@H](O)[C@H](O)[C@H]1O)C5=O)[C@@H](CCC(=O)OC)[C@@H]4C)C(C)=C3C(C)OCCOCCNC(=O)OC(C)(C)C. The topological polar surface area (TPSA) is 268 Å². The maximum absolute atomic E-state index is 15.1. The number of H-pyrrole nitrogens is 2. The molecule has 7 heterocycles. The average molecular weight is 1020 g/mol. The van der Waals surface area contributed by atoms with E-state index in [0.29, 0.717) is 57.8 Å². The summed E-state index contributed by atoms with van der Waals surface area (Å²) in [5.74, 6) is -1.80. The van der Waals surface area contributed by atoms with Gasteiger partial charge in [-0.2, -0.15) is 0 Å². The molecule has 20 heteroatoms. The number of amides is 3. The summed E-state index contributed by atoms with van der Waals surface area (Å²) in [4.78, 5) is 73.3. The highest BCUT2D eigenvalue weighted by molar-refractivity contribution is 7.99. The van der Waals surface area contributed by atoms with Crippen LogP contribution < -0.4 is 5.32 Å². The number of imide groups is 1. The van der Waals surface area contributed by atoms with Gasteiger partial charge < -0.3 is 59.4 Å². The van der Waals surface area contributed by atoms with Crippen molar-refractivity contribution in [2.45, 2.75) is 141 Å². The summed E-state index contributed by atoms with van der Waals surface area (Å²) in [5.41, 5.74) is 8.40. The molecular weight excluding hydrogens is 949 g/mol. The molecule has 1 fully saturated rings.